The van der Waals surface area contributed by atoms with Crippen LogP contribution in [0, 0.1) is 6.92 Å². The van der Waals surface area contributed by atoms with E-state index >= 15 is 0 Å². The zero-order valence-electron chi connectivity index (χ0n) is 12.3. The van der Waals surface area contributed by atoms with E-state index in [9.17, 15) is 9.59 Å². The summed E-state index contributed by atoms with van der Waals surface area (Å²) in [5.74, 6) is -0.107. The van der Waals surface area contributed by atoms with E-state index in [0.29, 0.717) is 9.88 Å². The van der Waals surface area contributed by atoms with Gasteiger partial charge in [-0.15, -0.1) is 11.3 Å². The SMILES string of the molecule is Cc1cc(NC(=O)c2ccco2)sc1C(=O)NC1CCCC1. The number of carbonyl (C=O) groups is 2. The van der Waals surface area contributed by atoms with Gasteiger partial charge in [0.05, 0.1) is 16.1 Å². The number of nitrogens with one attached hydrogen (secondary N) is 2. The summed E-state index contributed by atoms with van der Waals surface area (Å²) in [5.41, 5.74) is 0.871. The number of rotatable bonds is 4. The summed E-state index contributed by atoms with van der Waals surface area (Å²) < 4.78 is 5.05. The largest absolute Gasteiger partial charge is 0.459 e. The van der Waals surface area contributed by atoms with Crippen LogP contribution in [0.15, 0.2) is 28.9 Å². The molecule has 2 aromatic heterocycles. The van der Waals surface area contributed by atoms with E-state index in [2.05, 4.69) is 10.6 Å². The molecule has 1 saturated carbocycles. The van der Waals surface area contributed by atoms with Gasteiger partial charge in [-0.25, -0.2) is 0 Å². The second-order valence-electron chi connectivity index (χ2n) is 5.51. The third-order valence-electron chi connectivity index (χ3n) is 3.80. The molecule has 2 heterocycles. The molecule has 0 atom stereocenters. The second kappa shape index (κ2) is 6.36. The number of thiophene rings is 1. The van der Waals surface area contributed by atoms with Crippen LogP contribution in [0.3, 0.4) is 0 Å². The van der Waals surface area contributed by atoms with Gasteiger partial charge in [0.25, 0.3) is 11.8 Å². The molecular formula is C16H18N2O3S. The molecule has 22 heavy (non-hydrogen) atoms. The molecule has 1 aliphatic rings. The number of anilines is 1. The minimum Gasteiger partial charge on any atom is -0.459 e. The van der Waals surface area contributed by atoms with Crippen molar-refractivity contribution in [3.05, 3.63) is 40.7 Å². The lowest BCUT2D eigenvalue weighted by molar-refractivity contribution is 0.0940. The number of carbonyl (C=O) groups excluding carboxylic acids is 2. The van der Waals surface area contributed by atoms with Crippen LogP contribution in [0.5, 0.6) is 0 Å². The predicted octanol–water partition coefficient (Wildman–Crippen LogP) is 3.57. The third kappa shape index (κ3) is 3.22. The Morgan fingerprint density at radius 1 is 1.27 bits per heavy atom. The molecule has 0 bridgehead atoms. The van der Waals surface area contributed by atoms with Crippen LogP contribution in [0.1, 0.15) is 51.5 Å². The van der Waals surface area contributed by atoms with Gasteiger partial charge in [0, 0.05) is 6.04 Å². The van der Waals surface area contributed by atoms with Crippen LogP contribution in [-0.2, 0) is 0 Å². The molecule has 0 saturated heterocycles. The Bertz CT molecular complexity index is 670. The Balaban J connectivity index is 1.67. The van der Waals surface area contributed by atoms with E-state index in [4.69, 9.17) is 4.42 Å². The lowest BCUT2D eigenvalue weighted by Gasteiger charge is -2.11. The maximum absolute atomic E-state index is 12.3. The highest BCUT2D eigenvalue weighted by atomic mass is 32.1. The van der Waals surface area contributed by atoms with Crippen LogP contribution >= 0.6 is 11.3 Å². The van der Waals surface area contributed by atoms with Crippen molar-refractivity contribution in [1.82, 2.24) is 5.32 Å². The number of hydrogen-bond acceptors (Lipinski definition) is 4. The van der Waals surface area contributed by atoms with Crippen LogP contribution in [-0.4, -0.2) is 17.9 Å². The van der Waals surface area contributed by atoms with Crippen molar-refractivity contribution >= 4 is 28.2 Å². The van der Waals surface area contributed by atoms with Gasteiger partial charge in [-0.3, -0.25) is 9.59 Å². The Morgan fingerprint density at radius 2 is 2.05 bits per heavy atom. The van der Waals surface area contributed by atoms with Gasteiger partial charge >= 0.3 is 0 Å². The van der Waals surface area contributed by atoms with E-state index < -0.39 is 0 Å². The lowest BCUT2D eigenvalue weighted by atomic mass is 10.2. The predicted molar refractivity (Wildman–Crippen MR) is 85.4 cm³/mol. The number of furan rings is 1. The van der Waals surface area contributed by atoms with Crippen molar-refractivity contribution in [2.75, 3.05) is 5.32 Å². The second-order valence-corrected chi connectivity index (χ2v) is 6.56. The molecular weight excluding hydrogens is 300 g/mol. The summed E-state index contributed by atoms with van der Waals surface area (Å²) in [4.78, 5) is 24.9. The normalized spacial score (nSPS) is 15.0. The maximum atomic E-state index is 12.3. The molecule has 0 radical (unpaired) electrons. The number of hydrogen-bond donors (Lipinski definition) is 2. The first-order valence-electron chi connectivity index (χ1n) is 7.39. The monoisotopic (exact) mass is 318 g/mol. The minimum absolute atomic E-state index is 0.0482. The molecule has 3 rings (SSSR count). The molecule has 1 aliphatic carbocycles. The highest BCUT2D eigenvalue weighted by Crippen LogP contribution is 2.28. The van der Waals surface area contributed by atoms with Crippen LogP contribution in [0.2, 0.25) is 0 Å². The summed E-state index contributed by atoms with van der Waals surface area (Å²) in [6.45, 7) is 1.88. The van der Waals surface area contributed by atoms with Gasteiger partial charge in [0.2, 0.25) is 0 Å². The fourth-order valence-corrected chi connectivity index (χ4v) is 3.64. The maximum Gasteiger partial charge on any atom is 0.291 e. The summed E-state index contributed by atoms with van der Waals surface area (Å²) >= 11 is 1.29. The van der Waals surface area contributed by atoms with Gasteiger partial charge in [-0.2, -0.15) is 0 Å². The molecule has 2 aromatic rings. The topological polar surface area (TPSA) is 71.3 Å². The minimum atomic E-state index is -0.311. The number of aryl methyl sites for hydroxylation is 1. The average molecular weight is 318 g/mol. The zero-order chi connectivity index (χ0) is 15.5. The summed E-state index contributed by atoms with van der Waals surface area (Å²) in [6, 6.07) is 5.36. The highest BCUT2D eigenvalue weighted by molar-refractivity contribution is 7.18. The molecule has 6 heteroatoms. The molecule has 0 aliphatic heterocycles. The van der Waals surface area contributed by atoms with Crippen molar-refractivity contribution in [1.29, 1.82) is 0 Å². The van der Waals surface area contributed by atoms with Crippen LogP contribution < -0.4 is 10.6 Å². The van der Waals surface area contributed by atoms with E-state index in [1.165, 1.54) is 30.4 Å². The van der Waals surface area contributed by atoms with Gasteiger partial charge in [-0.1, -0.05) is 12.8 Å². The van der Waals surface area contributed by atoms with E-state index in [1.807, 2.05) is 13.0 Å². The fourth-order valence-electron chi connectivity index (χ4n) is 2.67. The molecule has 0 aromatic carbocycles. The van der Waals surface area contributed by atoms with E-state index in [0.717, 1.165) is 18.4 Å². The quantitative estimate of drug-likeness (QED) is 0.905. The first-order valence-corrected chi connectivity index (χ1v) is 8.21. The standard InChI is InChI=1S/C16H18N2O3S/c1-10-9-13(18-15(19)12-7-4-8-21-12)22-14(10)16(20)17-11-5-2-3-6-11/h4,7-9,11H,2-3,5-6H2,1H3,(H,17,20)(H,18,19). The molecule has 0 spiro atoms. The molecule has 2 amide bonds. The molecule has 116 valence electrons. The van der Waals surface area contributed by atoms with Gasteiger partial charge < -0.3 is 15.1 Å². The van der Waals surface area contributed by atoms with E-state index in [1.54, 1.807) is 12.1 Å². The average Bonchev–Trinajstić information content (AvgIpc) is 3.19. The molecule has 5 nitrogen and oxygen atoms in total. The van der Waals surface area contributed by atoms with Crippen molar-refractivity contribution < 1.29 is 14.0 Å². The van der Waals surface area contributed by atoms with Crippen molar-refractivity contribution in [3.63, 3.8) is 0 Å². The first-order chi connectivity index (χ1) is 10.6. The summed E-state index contributed by atoms with van der Waals surface area (Å²) in [6.07, 6.45) is 5.92. The molecule has 1 fully saturated rings. The van der Waals surface area contributed by atoms with E-state index in [-0.39, 0.29) is 23.6 Å². The first kappa shape index (κ1) is 14.8. The van der Waals surface area contributed by atoms with Gasteiger partial charge in [0.15, 0.2) is 5.76 Å². The van der Waals surface area contributed by atoms with Gasteiger partial charge in [-0.05, 0) is 43.5 Å². The summed E-state index contributed by atoms with van der Waals surface area (Å²) in [5, 5.41) is 6.48. The Labute approximate surface area is 132 Å². The van der Waals surface area contributed by atoms with Crippen LogP contribution in [0.25, 0.3) is 0 Å². The third-order valence-corrected chi connectivity index (χ3v) is 4.95. The molecule has 2 N–H and O–H groups in total. The lowest BCUT2D eigenvalue weighted by Crippen LogP contribution is -2.32. The van der Waals surface area contributed by atoms with Crippen molar-refractivity contribution in [3.8, 4) is 0 Å². The number of amides is 2. The van der Waals surface area contributed by atoms with Crippen molar-refractivity contribution in [2.45, 2.75) is 38.6 Å². The molecule has 0 unspecified atom stereocenters. The summed E-state index contributed by atoms with van der Waals surface area (Å²) in [7, 11) is 0. The van der Waals surface area contributed by atoms with Crippen LogP contribution in [0.4, 0.5) is 5.00 Å². The van der Waals surface area contributed by atoms with Gasteiger partial charge in [0.1, 0.15) is 0 Å². The highest BCUT2D eigenvalue weighted by Gasteiger charge is 2.21. The Morgan fingerprint density at radius 3 is 2.73 bits per heavy atom. The van der Waals surface area contributed by atoms with Crippen molar-refractivity contribution in [2.24, 2.45) is 0 Å². The smallest absolute Gasteiger partial charge is 0.291 e. The Hall–Kier alpha value is -2.08. The fraction of sp³-hybridized carbons (Fsp3) is 0.375. The Kier molecular flexibility index (Phi) is 4.29. The zero-order valence-corrected chi connectivity index (χ0v) is 13.2.